The Kier molecular flexibility index (Phi) is 2.58. The highest BCUT2D eigenvalue weighted by molar-refractivity contribution is 7.91. The second-order valence-electron chi connectivity index (χ2n) is 3.87. The van der Waals surface area contributed by atoms with Gasteiger partial charge in [0.2, 0.25) is 0 Å². The molecule has 0 aliphatic heterocycles. The molecule has 1 aromatic rings. The topological polar surface area (TPSA) is 60.2 Å². The molecule has 0 bridgehead atoms. The van der Waals surface area contributed by atoms with Gasteiger partial charge < -0.3 is 5.73 Å². The molecule has 0 atom stereocenters. The molecule has 0 saturated carbocycles. The minimum absolute atomic E-state index is 0.517. The van der Waals surface area contributed by atoms with Gasteiger partial charge in [0.25, 0.3) is 0 Å². The molecule has 0 aliphatic rings. The van der Waals surface area contributed by atoms with E-state index in [2.05, 4.69) is 0 Å². The first-order chi connectivity index (χ1) is 6.27. The summed E-state index contributed by atoms with van der Waals surface area (Å²) in [5.41, 5.74) is 6.91. The van der Waals surface area contributed by atoms with Gasteiger partial charge in [0.15, 0.2) is 9.84 Å². The first-order valence-corrected chi connectivity index (χ1v) is 6.20. The van der Waals surface area contributed by atoms with E-state index >= 15 is 0 Å². The summed E-state index contributed by atoms with van der Waals surface area (Å²) >= 11 is 0. The maximum Gasteiger partial charge on any atom is 0.156 e. The van der Waals surface area contributed by atoms with Crippen molar-refractivity contribution in [1.82, 2.24) is 0 Å². The molecule has 14 heavy (non-hydrogen) atoms. The fourth-order valence-electron chi connectivity index (χ4n) is 1.25. The monoisotopic (exact) mass is 213 g/mol. The zero-order valence-corrected chi connectivity index (χ0v) is 9.43. The van der Waals surface area contributed by atoms with Crippen molar-refractivity contribution in [2.75, 3.05) is 12.0 Å². The lowest BCUT2D eigenvalue weighted by Gasteiger charge is -2.24. The Bertz CT molecular complexity index is 435. The lowest BCUT2D eigenvalue weighted by atomic mass is 10.0. The summed E-state index contributed by atoms with van der Waals surface area (Å²) in [7, 11) is -3.16. The van der Waals surface area contributed by atoms with E-state index < -0.39 is 14.6 Å². The van der Waals surface area contributed by atoms with Crippen LogP contribution in [0.3, 0.4) is 0 Å². The van der Waals surface area contributed by atoms with Crippen molar-refractivity contribution in [3.8, 4) is 0 Å². The number of para-hydroxylation sites is 1. The smallest absolute Gasteiger partial charge is 0.156 e. The van der Waals surface area contributed by atoms with Gasteiger partial charge in [-0.2, -0.15) is 0 Å². The number of hydrogen-bond donors (Lipinski definition) is 1. The lowest BCUT2D eigenvalue weighted by molar-refractivity contribution is 0.562. The minimum Gasteiger partial charge on any atom is -0.398 e. The molecule has 0 radical (unpaired) electrons. The van der Waals surface area contributed by atoms with E-state index in [1.165, 1.54) is 6.26 Å². The van der Waals surface area contributed by atoms with E-state index in [0.29, 0.717) is 11.3 Å². The average Bonchev–Trinajstić information content (AvgIpc) is 2.02. The van der Waals surface area contributed by atoms with Crippen LogP contribution in [-0.4, -0.2) is 14.7 Å². The zero-order valence-electron chi connectivity index (χ0n) is 8.61. The average molecular weight is 213 g/mol. The summed E-state index contributed by atoms with van der Waals surface area (Å²) in [6.45, 7) is 3.32. The number of nitrogen functional groups attached to an aromatic ring is 1. The summed E-state index contributed by atoms with van der Waals surface area (Å²) in [6, 6.07) is 7.04. The van der Waals surface area contributed by atoms with Gasteiger partial charge in [-0.25, -0.2) is 8.42 Å². The molecule has 0 heterocycles. The highest BCUT2D eigenvalue weighted by atomic mass is 32.2. The molecule has 0 saturated heterocycles. The molecule has 0 aromatic heterocycles. The minimum atomic E-state index is -3.16. The Morgan fingerprint density at radius 2 is 1.71 bits per heavy atom. The maximum absolute atomic E-state index is 11.6. The van der Waals surface area contributed by atoms with Gasteiger partial charge in [0.1, 0.15) is 0 Å². The number of rotatable bonds is 2. The second-order valence-corrected chi connectivity index (χ2v) is 6.43. The van der Waals surface area contributed by atoms with Crippen molar-refractivity contribution in [2.45, 2.75) is 18.6 Å². The van der Waals surface area contributed by atoms with Crippen LogP contribution in [-0.2, 0) is 14.6 Å². The SMILES string of the molecule is CC(C)(c1ccccc1N)S(C)(=O)=O. The molecule has 4 heteroatoms. The predicted octanol–water partition coefficient (Wildman–Crippen LogP) is 1.55. The molecule has 78 valence electrons. The Labute approximate surface area is 84.9 Å². The number of benzene rings is 1. The summed E-state index contributed by atoms with van der Waals surface area (Å²) in [5.74, 6) is 0. The molecule has 0 fully saturated rings. The summed E-state index contributed by atoms with van der Waals surface area (Å²) < 4.78 is 22.2. The third-order valence-electron chi connectivity index (χ3n) is 2.54. The van der Waals surface area contributed by atoms with E-state index in [1.807, 2.05) is 0 Å². The largest absolute Gasteiger partial charge is 0.398 e. The standard InChI is InChI=1S/C10H15NO2S/c1-10(2,14(3,12)13)8-6-4-5-7-9(8)11/h4-7H,11H2,1-3H3. The van der Waals surface area contributed by atoms with Crippen molar-refractivity contribution < 1.29 is 8.42 Å². The molecule has 0 aliphatic carbocycles. The van der Waals surface area contributed by atoms with Crippen LogP contribution in [0.4, 0.5) is 5.69 Å². The summed E-state index contributed by atoms with van der Waals surface area (Å²) in [6.07, 6.45) is 1.22. The number of hydrogen-bond acceptors (Lipinski definition) is 3. The highest BCUT2D eigenvalue weighted by Gasteiger charge is 2.33. The molecule has 3 nitrogen and oxygen atoms in total. The van der Waals surface area contributed by atoms with Crippen LogP contribution in [0, 0.1) is 0 Å². The Hall–Kier alpha value is -1.03. The molecule has 1 rings (SSSR count). The molecule has 2 N–H and O–H groups in total. The van der Waals surface area contributed by atoms with Crippen molar-refractivity contribution in [1.29, 1.82) is 0 Å². The number of nitrogens with two attached hydrogens (primary N) is 1. The van der Waals surface area contributed by atoms with Crippen LogP contribution in [0.15, 0.2) is 24.3 Å². The van der Waals surface area contributed by atoms with Gasteiger partial charge in [-0.1, -0.05) is 18.2 Å². The van der Waals surface area contributed by atoms with E-state index in [1.54, 1.807) is 38.1 Å². The molecule has 0 unspecified atom stereocenters. The third-order valence-corrected chi connectivity index (χ3v) is 4.61. The zero-order chi connectivity index (χ0) is 11.0. The summed E-state index contributed by atoms with van der Waals surface area (Å²) in [4.78, 5) is 0. The molecule has 0 amide bonds. The maximum atomic E-state index is 11.6. The van der Waals surface area contributed by atoms with Crippen LogP contribution in [0.5, 0.6) is 0 Å². The van der Waals surface area contributed by atoms with Gasteiger partial charge in [-0.15, -0.1) is 0 Å². The molecule has 1 aromatic carbocycles. The van der Waals surface area contributed by atoms with E-state index in [-0.39, 0.29) is 0 Å². The molecular weight excluding hydrogens is 198 g/mol. The summed E-state index contributed by atoms with van der Waals surface area (Å²) in [5, 5.41) is 0. The number of anilines is 1. The van der Waals surface area contributed by atoms with Crippen LogP contribution >= 0.6 is 0 Å². The van der Waals surface area contributed by atoms with E-state index in [4.69, 9.17) is 5.73 Å². The molecule has 0 spiro atoms. The fraction of sp³-hybridized carbons (Fsp3) is 0.400. The third kappa shape index (κ3) is 1.75. The predicted molar refractivity (Wildman–Crippen MR) is 58.7 cm³/mol. The Balaban J connectivity index is 3.38. The highest BCUT2D eigenvalue weighted by Crippen LogP contribution is 2.32. The van der Waals surface area contributed by atoms with Crippen LogP contribution in [0.1, 0.15) is 19.4 Å². The van der Waals surface area contributed by atoms with E-state index in [9.17, 15) is 8.42 Å². The molecular formula is C10H15NO2S. The lowest BCUT2D eigenvalue weighted by Crippen LogP contribution is -2.28. The number of sulfone groups is 1. The van der Waals surface area contributed by atoms with Crippen LogP contribution in [0.2, 0.25) is 0 Å². The van der Waals surface area contributed by atoms with Gasteiger partial charge in [0, 0.05) is 11.9 Å². The van der Waals surface area contributed by atoms with Crippen molar-refractivity contribution in [3.05, 3.63) is 29.8 Å². The second kappa shape index (κ2) is 3.28. The fourth-order valence-corrected chi connectivity index (χ4v) is 1.83. The van der Waals surface area contributed by atoms with Crippen LogP contribution < -0.4 is 5.73 Å². The van der Waals surface area contributed by atoms with Gasteiger partial charge in [-0.3, -0.25) is 0 Å². The van der Waals surface area contributed by atoms with Gasteiger partial charge in [-0.05, 0) is 25.5 Å². The first kappa shape index (κ1) is 11.0. The van der Waals surface area contributed by atoms with Crippen molar-refractivity contribution in [3.63, 3.8) is 0 Å². The Morgan fingerprint density at radius 1 is 1.21 bits per heavy atom. The van der Waals surface area contributed by atoms with Gasteiger partial charge in [0.05, 0.1) is 4.75 Å². The van der Waals surface area contributed by atoms with Crippen molar-refractivity contribution in [2.24, 2.45) is 0 Å². The normalized spacial score (nSPS) is 12.8. The first-order valence-electron chi connectivity index (χ1n) is 4.31. The van der Waals surface area contributed by atoms with Crippen LogP contribution in [0.25, 0.3) is 0 Å². The van der Waals surface area contributed by atoms with Gasteiger partial charge >= 0.3 is 0 Å². The quantitative estimate of drug-likeness (QED) is 0.758. The van der Waals surface area contributed by atoms with Crippen molar-refractivity contribution >= 4 is 15.5 Å². The van der Waals surface area contributed by atoms with E-state index in [0.717, 1.165) is 0 Å². The Morgan fingerprint density at radius 3 is 2.14 bits per heavy atom.